The summed E-state index contributed by atoms with van der Waals surface area (Å²) in [5, 5.41) is 18.8. The standard InChI is InChI=1S/C24H37BrN2O5S/c1-4-10-15(3)26(11-5-2)22(30)20-24-14-16(25)19(33-24)17(23(31)32)18(24)21(29)27(20)12-8-6-7-9-13-28/h5,15-20,28H,2,4,6-14H2,1,3H3,(H,31,32)/t15?,16?,17-,18+,19-,20?,24?/m1/s1. The highest BCUT2D eigenvalue weighted by Crippen LogP contribution is 2.67. The number of halogens is 1. The van der Waals surface area contributed by atoms with Crippen molar-refractivity contribution in [2.24, 2.45) is 11.8 Å². The quantitative estimate of drug-likeness (QED) is 0.210. The maximum Gasteiger partial charge on any atom is 0.308 e. The summed E-state index contributed by atoms with van der Waals surface area (Å²) in [6.45, 7) is 8.94. The molecule has 0 saturated carbocycles. The number of carboxylic acids is 1. The van der Waals surface area contributed by atoms with Gasteiger partial charge in [0, 0.05) is 35.8 Å². The molecule has 0 aromatic heterocycles. The lowest BCUT2D eigenvalue weighted by Crippen LogP contribution is -2.57. The molecule has 33 heavy (non-hydrogen) atoms. The van der Waals surface area contributed by atoms with E-state index in [-0.39, 0.29) is 34.5 Å². The van der Waals surface area contributed by atoms with E-state index in [1.807, 2.05) is 11.8 Å². The SMILES string of the molecule is C=CCN(C(=O)C1N(CCCCCCO)C(=O)[C@@H]2[C@@H](C(=O)O)[C@@H]3SC12CC3Br)C(C)CCC. The Hall–Kier alpha value is -1.06. The number of aliphatic hydroxyl groups excluding tert-OH is 1. The molecule has 3 rings (SSSR count). The molecule has 7 nitrogen and oxygen atoms in total. The van der Waals surface area contributed by atoms with Gasteiger partial charge >= 0.3 is 5.97 Å². The summed E-state index contributed by atoms with van der Waals surface area (Å²) in [7, 11) is 0. The molecule has 3 fully saturated rings. The molecule has 2 amide bonds. The molecule has 2 N–H and O–H groups in total. The van der Waals surface area contributed by atoms with Gasteiger partial charge in [-0.3, -0.25) is 14.4 Å². The van der Waals surface area contributed by atoms with Crippen molar-refractivity contribution in [3.8, 4) is 0 Å². The van der Waals surface area contributed by atoms with Gasteiger partial charge in [0.05, 0.1) is 16.6 Å². The molecule has 9 heteroatoms. The fourth-order valence-corrected chi connectivity index (χ4v) is 9.64. The van der Waals surface area contributed by atoms with Gasteiger partial charge in [-0.25, -0.2) is 0 Å². The van der Waals surface area contributed by atoms with E-state index < -0.39 is 28.6 Å². The zero-order chi connectivity index (χ0) is 24.3. The Morgan fingerprint density at radius 3 is 2.67 bits per heavy atom. The number of fused-ring (bicyclic) bond motifs is 1. The second-order valence-electron chi connectivity index (χ2n) is 9.59. The van der Waals surface area contributed by atoms with Gasteiger partial charge in [0.2, 0.25) is 11.8 Å². The van der Waals surface area contributed by atoms with Crippen molar-refractivity contribution in [1.82, 2.24) is 9.80 Å². The summed E-state index contributed by atoms with van der Waals surface area (Å²) in [5.74, 6) is -2.66. The number of aliphatic carboxylic acids is 1. The topological polar surface area (TPSA) is 98.2 Å². The monoisotopic (exact) mass is 544 g/mol. The first-order valence-electron chi connectivity index (χ1n) is 12.1. The molecular weight excluding hydrogens is 508 g/mol. The van der Waals surface area contributed by atoms with Crippen LogP contribution in [0.3, 0.4) is 0 Å². The van der Waals surface area contributed by atoms with Gasteiger partial charge in [-0.15, -0.1) is 18.3 Å². The Balaban J connectivity index is 1.96. The molecule has 3 heterocycles. The van der Waals surface area contributed by atoms with Crippen LogP contribution in [0, 0.1) is 11.8 Å². The van der Waals surface area contributed by atoms with Gasteiger partial charge in [-0.05, 0) is 32.6 Å². The summed E-state index contributed by atoms with van der Waals surface area (Å²) >= 11 is 5.23. The third kappa shape index (κ3) is 4.74. The second kappa shape index (κ2) is 11.1. The average molecular weight is 546 g/mol. The molecule has 0 aliphatic carbocycles. The molecule has 3 aliphatic rings. The lowest BCUT2D eigenvalue weighted by Gasteiger charge is -2.39. The van der Waals surface area contributed by atoms with Crippen LogP contribution in [-0.2, 0) is 14.4 Å². The third-order valence-electron chi connectivity index (χ3n) is 7.46. The normalized spacial score (nSPS) is 33.3. The molecule has 0 aromatic carbocycles. The van der Waals surface area contributed by atoms with Crippen LogP contribution in [0.15, 0.2) is 12.7 Å². The Morgan fingerprint density at radius 1 is 1.36 bits per heavy atom. The smallest absolute Gasteiger partial charge is 0.308 e. The number of carboxylic acid groups (broad SMARTS) is 1. The van der Waals surface area contributed by atoms with Gasteiger partial charge in [-0.1, -0.05) is 48.2 Å². The lowest BCUT2D eigenvalue weighted by atomic mass is 9.71. The summed E-state index contributed by atoms with van der Waals surface area (Å²) < 4.78 is -0.716. The molecule has 3 aliphatic heterocycles. The summed E-state index contributed by atoms with van der Waals surface area (Å²) in [5.41, 5.74) is 0. The van der Waals surface area contributed by atoms with Crippen LogP contribution in [0.5, 0.6) is 0 Å². The fraction of sp³-hybridized carbons (Fsp3) is 0.792. The first kappa shape index (κ1) is 26.5. The predicted octanol–water partition coefficient (Wildman–Crippen LogP) is 3.29. The van der Waals surface area contributed by atoms with E-state index >= 15 is 0 Å². The number of thioether (sulfide) groups is 1. The van der Waals surface area contributed by atoms with Crippen LogP contribution in [0.1, 0.15) is 58.8 Å². The molecule has 0 radical (unpaired) electrons. The van der Waals surface area contributed by atoms with E-state index in [9.17, 15) is 19.5 Å². The van der Waals surface area contributed by atoms with E-state index in [4.69, 9.17) is 5.11 Å². The van der Waals surface area contributed by atoms with Gasteiger partial charge in [0.25, 0.3) is 0 Å². The van der Waals surface area contributed by atoms with Gasteiger partial charge in [-0.2, -0.15) is 0 Å². The zero-order valence-electron chi connectivity index (χ0n) is 19.6. The largest absolute Gasteiger partial charge is 0.481 e. The van der Waals surface area contributed by atoms with E-state index in [1.54, 1.807) is 22.7 Å². The highest BCUT2D eigenvalue weighted by Gasteiger charge is 2.76. The number of likely N-dealkylation sites (tertiary alicyclic amines) is 1. The van der Waals surface area contributed by atoms with Crippen molar-refractivity contribution in [1.29, 1.82) is 0 Å². The first-order chi connectivity index (χ1) is 15.7. The van der Waals surface area contributed by atoms with Crippen molar-refractivity contribution in [3.05, 3.63) is 12.7 Å². The average Bonchev–Trinajstić information content (AvgIpc) is 3.35. The molecule has 186 valence electrons. The number of aliphatic hydroxyl groups is 1. The van der Waals surface area contributed by atoms with Crippen molar-refractivity contribution >= 4 is 45.5 Å². The molecular formula is C24H37BrN2O5S. The Labute approximate surface area is 209 Å². The van der Waals surface area contributed by atoms with Gasteiger partial charge < -0.3 is 20.0 Å². The predicted molar refractivity (Wildman–Crippen MR) is 133 cm³/mol. The molecule has 7 atom stereocenters. The molecule has 0 aromatic rings. The molecule has 4 unspecified atom stereocenters. The van der Waals surface area contributed by atoms with Crippen LogP contribution in [0.2, 0.25) is 0 Å². The number of alkyl halides is 1. The number of hydrogen-bond acceptors (Lipinski definition) is 5. The number of amides is 2. The van der Waals surface area contributed by atoms with Crippen molar-refractivity contribution in [3.63, 3.8) is 0 Å². The third-order valence-corrected chi connectivity index (χ3v) is 10.7. The number of unbranched alkanes of at least 4 members (excludes halogenated alkanes) is 3. The fourth-order valence-electron chi connectivity index (χ4n) is 6.04. The van der Waals surface area contributed by atoms with E-state index in [1.165, 1.54) is 0 Å². The van der Waals surface area contributed by atoms with Crippen LogP contribution in [-0.4, -0.2) is 84.4 Å². The number of hydrogen-bond donors (Lipinski definition) is 2. The van der Waals surface area contributed by atoms with Crippen LogP contribution in [0.4, 0.5) is 0 Å². The van der Waals surface area contributed by atoms with Gasteiger partial charge in [0.1, 0.15) is 6.04 Å². The second-order valence-corrected chi connectivity index (χ2v) is 12.3. The Kier molecular flexibility index (Phi) is 8.94. The first-order valence-corrected chi connectivity index (χ1v) is 13.9. The Bertz CT molecular complexity index is 767. The van der Waals surface area contributed by atoms with E-state index in [2.05, 4.69) is 29.4 Å². The van der Waals surface area contributed by atoms with Gasteiger partial charge in [0.15, 0.2) is 0 Å². The molecule has 2 bridgehead atoms. The minimum atomic E-state index is -0.949. The minimum Gasteiger partial charge on any atom is -0.481 e. The number of carbonyl (C=O) groups excluding carboxylic acids is 2. The summed E-state index contributed by atoms with van der Waals surface area (Å²) in [6.07, 6.45) is 7.29. The van der Waals surface area contributed by atoms with Crippen LogP contribution >= 0.6 is 27.7 Å². The Morgan fingerprint density at radius 2 is 2.06 bits per heavy atom. The molecule has 3 saturated heterocycles. The minimum absolute atomic E-state index is 0.0103. The highest BCUT2D eigenvalue weighted by atomic mass is 79.9. The van der Waals surface area contributed by atoms with Crippen molar-refractivity contribution in [2.45, 2.75) is 85.7 Å². The number of carbonyl (C=O) groups is 3. The maximum absolute atomic E-state index is 14.1. The number of rotatable bonds is 13. The highest BCUT2D eigenvalue weighted by molar-refractivity contribution is 9.09. The zero-order valence-corrected chi connectivity index (χ0v) is 22.0. The summed E-state index contributed by atoms with van der Waals surface area (Å²) in [6, 6.07) is -0.650. The lowest BCUT2D eigenvalue weighted by molar-refractivity contribution is -0.148. The van der Waals surface area contributed by atoms with Crippen molar-refractivity contribution in [2.75, 3.05) is 19.7 Å². The maximum atomic E-state index is 14.1. The summed E-state index contributed by atoms with van der Waals surface area (Å²) in [4.78, 5) is 43.6. The van der Waals surface area contributed by atoms with E-state index in [0.29, 0.717) is 25.9 Å². The van der Waals surface area contributed by atoms with Crippen LogP contribution < -0.4 is 0 Å². The number of nitrogens with zero attached hydrogens (tertiary/aromatic N) is 2. The van der Waals surface area contributed by atoms with Crippen molar-refractivity contribution < 1.29 is 24.6 Å². The van der Waals surface area contributed by atoms with Crippen LogP contribution in [0.25, 0.3) is 0 Å². The molecule has 1 spiro atoms. The van der Waals surface area contributed by atoms with E-state index in [0.717, 1.165) is 32.1 Å².